The molecule has 21 heteroatoms. The molecule has 2 aromatic rings. The fourth-order valence-electron chi connectivity index (χ4n) is 12.5. The third kappa shape index (κ3) is 13.2. The number of nitrogens with zero attached hydrogens (tertiary/aromatic N) is 5. The number of aliphatic hydroxyl groups excluding tert-OH is 2. The smallest absolute Gasteiger partial charge is 0.410 e. The number of hydrogen-bond acceptors (Lipinski definition) is 16. The zero-order valence-corrected chi connectivity index (χ0v) is 48.3. The minimum Gasteiger partial charge on any atom is -0.493 e. The molecule has 4 aliphatic heterocycles. The summed E-state index contributed by atoms with van der Waals surface area (Å²) in [5.41, 5.74) is -1.41. The molecule has 0 spiro atoms. The Hall–Kier alpha value is -4.21. The van der Waals surface area contributed by atoms with Gasteiger partial charge in [-0.3, -0.25) is 14.6 Å². The number of benzene rings is 1. The van der Waals surface area contributed by atoms with Gasteiger partial charge in [-0.1, -0.05) is 50.9 Å². The van der Waals surface area contributed by atoms with Crippen LogP contribution in [0.2, 0.25) is 10.0 Å². The van der Waals surface area contributed by atoms with Gasteiger partial charge in [0, 0.05) is 94.3 Å². The fourth-order valence-corrected chi connectivity index (χ4v) is 13.0. The number of fused-ring (bicyclic) bond motifs is 1. The first kappa shape index (κ1) is 60.4. The number of carbonyl (C=O) groups excluding carboxylic acids is 4. The van der Waals surface area contributed by atoms with Gasteiger partial charge in [0.1, 0.15) is 18.0 Å². The number of esters is 1. The lowest BCUT2D eigenvalue weighted by atomic mass is 9.73. The Bertz CT molecular complexity index is 2340. The van der Waals surface area contributed by atoms with E-state index >= 15 is 4.79 Å². The molecule has 5 fully saturated rings. The van der Waals surface area contributed by atoms with Crippen LogP contribution in [0.1, 0.15) is 112 Å². The van der Waals surface area contributed by atoms with Gasteiger partial charge in [-0.05, 0) is 91.2 Å². The lowest BCUT2D eigenvalue weighted by molar-refractivity contribution is -0.300. The molecule has 4 saturated heterocycles. The van der Waals surface area contributed by atoms with Crippen LogP contribution in [-0.2, 0) is 44.6 Å². The summed E-state index contributed by atoms with van der Waals surface area (Å²) >= 11 is 13.4. The lowest BCUT2D eigenvalue weighted by Gasteiger charge is -2.48. The topological polar surface area (TPSA) is 208 Å². The number of amides is 3. The number of anilines is 1. The van der Waals surface area contributed by atoms with Gasteiger partial charge in [-0.25, -0.2) is 9.59 Å². The van der Waals surface area contributed by atoms with Crippen molar-refractivity contribution < 1.29 is 67.3 Å². The van der Waals surface area contributed by atoms with E-state index in [1.165, 1.54) is 12.0 Å². The maximum Gasteiger partial charge on any atom is 0.410 e. The number of methoxy groups -OCH3 is 2. The van der Waals surface area contributed by atoms with E-state index in [-0.39, 0.29) is 43.8 Å². The van der Waals surface area contributed by atoms with Crippen LogP contribution in [0.15, 0.2) is 30.6 Å². The maximum atomic E-state index is 15.2. The molecule has 1 saturated carbocycles. The molecule has 430 valence electrons. The molecule has 1 aromatic carbocycles. The van der Waals surface area contributed by atoms with Crippen molar-refractivity contribution >= 4 is 52.8 Å². The third-order valence-corrected chi connectivity index (χ3v) is 17.7. The van der Waals surface area contributed by atoms with Gasteiger partial charge < -0.3 is 67.7 Å². The Balaban J connectivity index is 1.18. The summed E-state index contributed by atoms with van der Waals surface area (Å²) in [6, 6.07) is 3.85. The molecule has 7 rings (SSSR count). The number of urea groups is 1. The van der Waals surface area contributed by atoms with E-state index in [4.69, 9.17) is 61.1 Å². The first-order valence-corrected chi connectivity index (χ1v) is 28.3. The molecule has 0 unspecified atom stereocenters. The number of carbonyl (C=O) groups is 4. The Kier molecular flexibility index (Phi) is 20.3. The minimum absolute atomic E-state index is 0.0588. The highest BCUT2D eigenvalue weighted by molar-refractivity contribution is 6.35. The van der Waals surface area contributed by atoms with Gasteiger partial charge in [-0.2, -0.15) is 0 Å². The molecule has 77 heavy (non-hydrogen) atoms. The normalized spacial score (nSPS) is 33.7. The number of aliphatic hydroxyl groups is 2. The van der Waals surface area contributed by atoms with Crippen LogP contribution in [-0.4, -0.2) is 181 Å². The summed E-state index contributed by atoms with van der Waals surface area (Å²) in [6.45, 7) is 16.4. The zero-order chi connectivity index (χ0) is 56.1. The Morgan fingerprint density at radius 3 is 2.26 bits per heavy atom. The highest BCUT2D eigenvalue weighted by Crippen LogP contribution is 2.44. The Morgan fingerprint density at radius 2 is 1.62 bits per heavy atom. The largest absolute Gasteiger partial charge is 0.493 e. The predicted molar refractivity (Wildman–Crippen MR) is 288 cm³/mol. The molecule has 1 aliphatic carbocycles. The number of ether oxygens (including phenoxy) is 8. The summed E-state index contributed by atoms with van der Waals surface area (Å²) in [5.74, 6) is -3.40. The van der Waals surface area contributed by atoms with Crippen LogP contribution in [0.3, 0.4) is 0 Å². The molecular formula is C56H83Cl2N5O14. The minimum atomic E-state index is -1.51. The van der Waals surface area contributed by atoms with E-state index < -0.39 is 95.8 Å². The van der Waals surface area contributed by atoms with E-state index in [0.717, 1.165) is 31.4 Å². The second-order valence-electron chi connectivity index (χ2n) is 22.3. The second-order valence-corrected chi connectivity index (χ2v) is 23.2. The van der Waals surface area contributed by atoms with E-state index in [9.17, 15) is 24.6 Å². The van der Waals surface area contributed by atoms with Gasteiger partial charge in [0.05, 0.1) is 78.4 Å². The molecule has 2 N–H and O–H groups in total. The van der Waals surface area contributed by atoms with E-state index in [2.05, 4.69) is 9.88 Å². The van der Waals surface area contributed by atoms with Gasteiger partial charge in [0.25, 0.3) is 0 Å². The quantitative estimate of drug-likeness (QED) is 0.162. The number of Topliss-reactive ketones (excluding diaryl/α,β-unsaturated/α-hetero) is 1. The number of halogens is 2. The van der Waals surface area contributed by atoms with Crippen molar-refractivity contribution in [1.29, 1.82) is 0 Å². The number of rotatable bonds is 15. The van der Waals surface area contributed by atoms with Crippen molar-refractivity contribution in [3.05, 3.63) is 46.2 Å². The highest BCUT2D eigenvalue weighted by atomic mass is 35.5. The Labute approximate surface area is 464 Å². The standard InChI is InChI=1S/C56H83Cl2N5O14/c1-12-45-56(8)49(63(54(69)77-56)21-15-20-62(31-39-40(57)29-59-30-41(39)58)37-18-19-43(70-10)44(27-37)74-38-16-13-14-17-38)34(4)46(64)32(2)28-55(7,71-11)50(35(5)47(65)36(6)51(67)75-45)76-52-48(66)42(26-33(3)73-52)60(9)53(68)61-22-24-72-25-23-61/h18-19,27,29-30,32-36,38,42,45,47-50,52,65-66H,12-17,20-26,28,31H2,1-11H3/t32-,33-,34+,35+,36-,42+,45-,47+,48-,49-,50-,52+,55-,56-/m1/s1. The van der Waals surface area contributed by atoms with Crippen LogP contribution < -0.4 is 14.4 Å². The highest BCUT2D eigenvalue weighted by Gasteiger charge is 2.60. The predicted octanol–water partition coefficient (Wildman–Crippen LogP) is 7.93. The van der Waals surface area contributed by atoms with E-state index in [0.29, 0.717) is 72.8 Å². The van der Waals surface area contributed by atoms with Crippen molar-refractivity contribution in [3.8, 4) is 11.5 Å². The number of aromatic nitrogens is 1. The number of cyclic esters (lactones) is 1. The average Bonchev–Trinajstić information content (AvgIpc) is 4.07. The van der Waals surface area contributed by atoms with Gasteiger partial charge in [0.15, 0.2) is 23.4 Å². The second kappa shape index (κ2) is 25.9. The number of pyridine rings is 1. The van der Waals surface area contributed by atoms with Crippen LogP contribution in [0, 0.1) is 23.7 Å². The molecule has 19 nitrogen and oxygen atoms in total. The molecule has 3 amide bonds. The van der Waals surface area contributed by atoms with Crippen molar-refractivity contribution in [2.75, 3.05) is 65.6 Å². The molecule has 5 heterocycles. The number of ketones is 1. The summed E-state index contributed by atoms with van der Waals surface area (Å²) in [7, 11) is 4.73. The van der Waals surface area contributed by atoms with Crippen molar-refractivity contribution in [2.24, 2.45) is 23.7 Å². The van der Waals surface area contributed by atoms with E-state index in [1.807, 2.05) is 32.0 Å². The van der Waals surface area contributed by atoms with Crippen molar-refractivity contribution in [3.63, 3.8) is 0 Å². The molecule has 1 aromatic heterocycles. The molecule has 0 radical (unpaired) electrons. The summed E-state index contributed by atoms with van der Waals surface area (Å²) in [4.78, 5) is 68.9. The lowest BCUT2D eigenvalue weighted by Crippen LogP contribution is -2.62. The average molecular weight is 1120 g/mol. The molecule has 14 atom stereocenters. The van der Waals surface area contributed by atoms with Gasteiger partial charge in [-0.15, -0.1) is 0 Å². The van der Waals surface area contributed by atoms with Crippen LogP contribution >= 0.6 is 23.2 Å². The summed E-state index contributed by atoms with van der Waals surface area (Å²) in [5, 5.41) is 25.0. The molecule has 0 bridgehead atoms. The van der Waals surface area contributed by atoms with Crippen molar-refractivity contribution in [1.82, 2.24) is 19.7 Å². The number of morpholine rings is 1. The van der Waals surface area contributed by atoms with Gasteiger partial charge >= 0.3 is 18.1 Å². The number of likely N-dealkylation sites (N-methyl/N-ethyl adjacent to an activating group) is 1. The van der Waals surface area contributed by atoms with Crippen molar-refractivity contribution in [2.45, 2.75) is 180 Å². The number of hydrogen-bond donors (Lipinski definition) is 2. The first-order valence-electron chi connectivity index (χ1n) is 27.5. The molecule has 5 aliphatic rings. The fraction of sp³-hybridized carbons (Fsp3) is 0.732. The zero-order valence-electron chi connectivity index (χ0n) is 46.8. The Morgan fingerprint density at radius 1 is 0.948 bits per heavy atom. The van der Waals surface area contributed by atoms with E-state index in [1.54, 1.807) is 77.9 Å². The van der Waals surface area contributed by atoms with Crippen LogP contribution in [0.4, 0.5) is 15.3 Å². The first-order chi connectivity index (χ1) is 36.6. The summed E-state index contributed by atoms with van der Waals surface area (Å²) in [6.07, 6.45) is 0.882. The van der Waals surface area contributed by atoms with Gasteiger partial charge in [0.2, 0.25) is 0 Å². The van der Waals surface area contributed by atoms with Crippen LogP contribution in [0.5, 0.6) is 11.5 Å². The van der Waals surface area contributed by atoms with Crippen LogP contribution in [0.25, 0.3) is 0 Å². The SMILES string of the molecule is CC[C@H]1OC(=O)[C@H](C)[C@@H](O)[C@H](C)[C@@H](O[C@@H]2O[C@H](C)C[C@H](N(C)C(=O)N3CCOCC3)[C@H]2O)[C@](C)(OC)C[C@@H](C)C(=O)[C@H](C)[C@H]2N(CCCN(Cc3c(Cl)cncc3Cl)c3ccc(OC)c(OC4CCCC4)c3)C(=O)O[C@]12C. The summed E-state index contributed by atoms with van der Waals surface area (Å²) < 4.78 is 49.8. The molecular weight excluding hydrogens is 1040 g/mol. The maximum absolute atomic E-state index is 15.2. The monoisotopic (exact) mass is 1120 g/mol. The third-order valence-electron chi connectivity index (χ3n) is 17.0.